The average Bonchev–Trinajstić information content (AvgIpc) is 3.04. The molecule has 5 nitrogen and oxygen atoms in total. The summed E-state index contributed by atoms with van der Waals surface area (Å²) in [6, 6.07) is 27.1. The summed E-state index contributed by atoms with van der Waals surface area (Å²) in [6.45, 7) is 1.82. The highest BCUT2D eigenvalue weighted by molar-refractivity contribution is 8.00. The Morgan fingerprint density at radius 1 is 0.939 bits per heavy atom. The van der Waals surface area contributed by atoms with E-state index in [4.69, 9.17) is 11.6 Å². The van der Waals surface area contributed by atoms with Gasteiger partial charge < -0.3 is 5.32 Å². The number of benzene rings is 3. The highest BCUT2D eigenvalue weighted by atomic mass is 35.5. The van der Waals surface area contributed by atoms with E-state index in [-0.39, 0.29) is 22.5 Å². The van der Waals surface area contributed by atoms with E-state index in [0.29, 0.717) is 16.4 Å². The summed E-state index contributed by atoms with van der Waals surface area (Å²) < 4.78 is 3.31. The Kier molecular flexibility index (Phi) is 7.06. The first-order chi connectivity index (χ1) is 16.0. The molecule has 7 heteroatoms. The smallest absolute Gasteiger partial charge is 0.295 e. The number of carbonyl (C=O) groups excluding carboxylic acids is 1. The van der Waals surface area contributed by atoms with Gasteiger partial charge in [-0.1, -0.05) is 72.3 Å². The van der Waals surface area contributed by atoms with Crippen molar-refractivity contribution >= 4 is 35.0 Å². The predicted molar refractivity (Wildman–Crippen MR) is 137 cm³/mol. The van der Waals surface area contributed by atoms with Gasteiger partial charge in [0.1, 0.15) is 5.69 Å². The van der Waals surface area contributed by atoms with Crippen LogP contribution >= 0.6 is 23.4 Å². The molecule has 4 rings (SSSR count). The number of anilines is 1. The lowest BCUT2D eigenvalue weighted by Gasteiger charge is -2.17. The first kappa shape index (κ1) is 23.0. The third-order valence-electron chi connectivity index (χ3n) is 5.47. The van der Waals surface area contributed by atoms with Gasteiger partial charge in [0.2, 0.25) is 5.91 Å². The lowest BCUT2D eigenvalue weighted by Crippen LogP contribution is -2.23. The van der Waals surface area contributed by atoms with Crippen molar-refractivity contribution in [2.24, 2.45) is 7.05 Å². The molecule has 0 fully saturated rings. The first-order valence-corrected chi connectivity index (χ1v) is 11.9. The summed E-state index contributed by atoms with van der Waals surface area (Å²) in [5.41, 5.74) is 3.65. The first-order valence-electron chi connectivity index (χ1n) is 10.5. The summed E-state index contributed by atoms with van der Waals surface area (Å²) in [4.78, 5) is 26.0. The third-order valence-corrected chi connectivity index (χ3v) is 7.03. The maximum absolute atomic E-state index is 13.1. The number of rotatable bonds is 7. The largest absolute Gasteiger partial charge is 0.319 e. The molecule has 1 atom stereocenters. The van der Waals surface area contributed by atoms with Crippen molar-refractivity contribution in [2.45, 2.75) is 12.2 Å². The minimum atomic E-state index is -0.253. The maximum atomic E-state index is 13.1. The van der Waals surface area contributed by atoms with E-state index in [0.717, 1.165) is 16.8 Å². The summed E-state index contributed by atoms with van der Waals surface area (Å²) in [5, 5.41) is 3.48. The highest BCUT2D eigenvalue weighted by Crippen LogP contribution is 2.36. The number of amides is 1. The molecule has 0 aliphatic heterocycles. The molecule has 1 aromatic heterocycles. The molecule has 33 heavy (non-hydrogen) atoms. The monoisotopic (exact) mass is 477 g/mol. The fourth-order valence-electron chi connectivity index (χ4n) is 3.70. The van der Waals surface area contributed by atoms with Crippen LogP contribution in [0.1, 0.15) is 22.1 Å². The maximum Gasteiger partial charge on any atom is 0.295 e. The molecule has 1 amide bonds. The molecule has 168 valence electrons. The molecule has 0 saturated carbocycles. The Morgan fingerprint density at radius 2 is 1.52 bits per heavy atom. The number of carbonyl (C=O) groups is 1. The summed E-state index contributed by atoms with van der Waals surface area (Å²) in [6.07, 6.45) is 0. The summed E-state index contributed by atoms with van der Waals surface area (Å²) in [5.74, 6) is -0.0257. The summed E-state index contributed by atoms with van der Waals surface area (Å²) in [7, 11) is 1.81. The van der Waals surface area contributed by atoms with Crippen molar-refractivity contribution in [3.63, 3.8) is 0 Å². The van der Waals surface area contributed by atoms with E-state index >= 15 is 0 Å². The van der Waals surface area contributed by atoms with Gasteiger partial charge in [0.25, 0.3) is 5.56 Å². The Labute approximate surface area is 202 Å². The number of nitrogens with zero attached hydrogens (tertiary/aromatic N) is 2. The van der Waals surface area contributed by atoms with Gasteiger partial charge in [-0.25, -0.2) is 4.68 Å². The van der Waals surface area contributed by atoms with Crippen LogP contribution in [0.15, 0.2) is 89.7 Å². The van der Waals surface area contributed by atoms with Crippen LogP contribution < -0.4 is 10.9 Å². The van der Waals surface area contributed by atoms with Crippen LogP contribution in [0.3, 0.4) is 0 Å². The van der Waals surface area contributed by atoms with Gasteiger partial charge in [-0.3, -0.25) is 14.3 Å². The van der Waals surface area contributed by atoms with Crippen LogP contribution in [0.4, 0.5) is 5.69 Å². The number of hydrogen-bond donors (Lipinski definition) is 1. The standard InChI is InChI=1S/C26H24ClN3O2S/c1-18-24(26(32)30(29(18)2)22-11-7-4-8-12-22)28-23(31)17-33-25(19-9-5-3-6-10-19)20-13-15-21(27)16-14-20/h3-16,25H,17H2,1-2H3,(H,28,31). The molecule has 4 aromatic rings. The van der Waals surface area contributed by atoms with Crippen LogP contribution in [-0.2, 0) is 11.8 Å². The number of thioether (sulfide) groups is 1. The SMILES string of the molecule is Cc1c(NC(=O)CSC(c2ccccc2)c2ccc(Cl)cc2)c(=O)n(-c2ccccc2)n1C. The third kappa shape index (κ3) is 5.07. The predicted octanol–water partition coefficient (Wildman–Crippen LogP) is 5.60. The zero-order valence-electron chi connectivity index (χ0n) is 18.4. The quantitative estimate of drug-likeness (QED) is 0.377. The van der Waals surface area contributed by atoms with Gasteiger partial charge in [-0.2, -0.15) is 0 Å². The number of hydrogen-bond acceptors (Lipinski definition) is 3. The van der Waals surface area contributed by atoms with Crippen LogP contribution in [-0.4, -0.2) is 21.0 Å². The zero-order valence-corrected chi connectivity index (χ0v) is 19.9. The minimum absolute atomic E-state index is 0.0351. The van der Waals surface area contributed by atoms with Crippen LogP contribution in [0, 0.1) is 6.92 Å². The number of aromatic nitrogens is 2. The molecular weight excluding hydrogens is 454 g/mol. The molecule has 0 bridgehead atoms. The van der Waals surface area contributed by atoms with Gasteiger partial charge in [-0.15, -0.1) is 11.8 Å². The van der Waals surface area contributed by atoms with E-state index in [1.165, 1.54) is 11.8 Å². The van der Waals surface area contributed by atoms with E-state index in [9.17, 15) is 9.59 Å². The molecule has 0 aliphatic carbocycles. The van der Waals surface area contributed by atoms with Gasteiger partial charge in [0, 0.05) is 12.1 Å². The highest BCUT2D eigenvalue weighted by Gasteiger charge is 2.20. The average molecular weight is 478 g/mol. The Balaban J connectivity index is 1.54. The van der Waals surface area contributed by atoms with Crippen molar-refractivity contribution in [3.8, 4) is 5.69 Å². The Bertz CT molecular complexity index is 1300. The van der Waals surface area contributed by atoms with Crippen molar-refractivity contribution in [1.82, 2.24) is 9.36 Å². The second-order valence-electron chi connectivity index (χ2n) is 7.64. The number of para-hydroxylation sites is 1. The second-order valence-corrected chi connectivity index (χ2v) is 9.17. The Hall–Kier alpha value is -3.22. The summed E-state index contributed by atoms with van der Waals surface area (Å²) >= 11 is 7.57. The molecule has 1 unspecified atom stereocenters. The van der Waals surface area contributed by atoms with Crippen LogP contribution in [0.2, 0.25) is 5.02 Å². The van der Waals surface area contributed by atoms with E-state index in [1.807, 2.05) is 91.9 Å². The normalized spacial score (nSPS) is 11.8. The van der Waals surface area contributed by atoms with Gasteiger partial charge in [0.15, 0.2) is 0 Å². The van der Waals surface area contributed by atoms with Crippen molar-refractivity contribution < 1.29 is 4.79 Å². The second kappa shape index (κ2) is 10.1. The van der Waals surface area contributed by atoms with E-state index in [1.54, 1.807) is 16.4 Å². The molecular formula is C26H24ClN3O2S. The molecule has 1 heterocycles. The lowest BCUT2D eigenvalue weighted by atomic mass is 10.0. The number of nitrogens with one attached hydrogen (secondary N) is 1. The molecule has 0 aliphatic rings. The number of halogens is 1. The van der Waals surface area contributed by atoms with Gasteiger partial charge in [-0.05, 0) is 42.3 Å². The zero-order chi connectivity index (χ0) is 23.4. The molecule has 0 spiro atoms. The molecule has 0 saturated heterocycles. The fraction of sp³-hybridized carbons (Fsp3) is 0.154. The van der Waals surface area contributed by atoms with Crippen LogP contribution in [0.5, 0.6) is 0 Å². The molecule has 1 N–H and O–H groups in total. The fourth-order valence-corrected chi connectivity index (χ4v) is 4.91. The van der Waals surface area contributed by atoms with Crippen molar-refractivity contribution in [2.75, 3.05) is 11.1 Å². The van der Waals surface area contributed by atoms with Gasteiger partial charge in [0.05, 0.1) is 22.4 Å². The van der Waals surface area contributed by atoms with E-state index < -0.39 is 0 Å². The topological polar surface area (TPSA) is 56.0 Å². The minimum Gasteiger partial charge on any atom is -0.319 e. The lowest BCUT2D eigenvalue weighted by molar-refractivity contribution is -0.113. The molecule has 0 radical (unpaired) electrons. The van der Waals surface area contributed by atoms with Crippen LogP contribution in [0.25, 0.3) is 5.69 Å². The molecule has 3 aromatic carbocycles. The Morgan fingerprint density at radius 3 is 2.15 bits per heavy atom. The van der Waals surface area contributed by atoms with Crippen molar-refractivity contribution in [3.05, 3.63) is 117 Å². The van der Waals surface area contributed by atoms with Crippen molar-refractivity contribution in [1.29, 1.82) is 0 Å². The van der Waals surface area contributed by atoms with Gasteiger partial charge >= 0.3 is 0 Å². The van der Waals surface area contributed by atoms with E-state index in [2.05, 4.69) is 5.32 Å².